The average molecular weight is 291 g/mol. The molecule has 0 aliphatic carbocycles. The van der Waals surface area contributed by atoms with Crippen LogP contribution in [-0.2, 0) is 6.54 Å². The zero-order chi connectivity index (χ0) is 15.1. The summed E-state index contributed by atoms with van der Waals surface area (Å²) in [7, 11) is 6.36. The molecular formula is C17H29N3O. The quantitative estimate of drug-likeness (QED) is 0.788. The Balaban J connectivity index is 1.67. The number of hydrogen-bond acceptors (Lipinski definition) is 4. The average Bonchev–Trinajstić information content (AvgIpc) is 2.85. The standard InChI is InChI=1S/C17H29N3O/c1-18-12-15-5-4-6-17(11-15)21-10-9-20(3)14-16-7-8-19(2)13-16/h4-6,11,16,18H,7-10,12-14H2,1-3H3. The summed E-state index contributed by atoms with van der Waals surface area (Å²) in [5.74, 6) is 1.79. The van der Waals surface area contributed by atoms with E-state index < -0.39 is 0 Å². The van der Waals surface area contributed by atoms with Crippen LogP contribution in [-0.4, -0.2) is 63.7 Å². The van der Waals surface area contributed by atoms with Gasteiger partial charge in [-0.2, -0.15) is 0 Å². The monoisotopic (exact) mass is 291 g/mol. The lowest BCUT2D eigenvalue weighted by atomic mass is 10.1. The summed E-state index contributed by atoms with van der Waals surface area (Å²) in [6, 6.07) is 8.32. The van der Waals surface area contributed by atoms with E-state index in [0.29, 0.717) is 0 Å². The highest BCUT2D eigenvalue weighted by molar-refractivity contribution is 5.28. The molecule has 1 saturated heterocycles. The van der Waals surface area contributed by atoms with Crippen molar-refractivity contribution in [1.82, 2.24) is 15.1 Å². The molecule has 118 valence electrons. The van der Waals surface area contributed by atoms with Crippen molar-refractivity contribution in [2.24, 2.45) is 5.92 Å². The summed E-state index contributed by atoms with van der Waals surface area (Å²) >= 11 is 0. The van der Waals surface area contributed by atoms with E-state index >= 15 is 0 Å². The third-order valence-electron chi connectivity index (χ3n) is 4.08. The van der Waals surface area contributed by atoms with Crippen LogP contribution in [0.4, 0.5) is 0 Å². The highest BCUT2D eigenvalue weighted by Gasteiger charge is 2.20. The van der Waals surface area contributed by atoms with E-state index in [9.17, 15) is 0 Å². The fourth-order valence-corrected chi connectivity index (χ4v) is 2.98. The van der Waals surface area contributed by atoms with Crippen LogP contribution in [0.1, 0.15) is 12.0 Å². The Morgan fingerprint density at radius 1 is 1.43 bits per heavy atom. The molecule has 4 heteroatoms. The summed E-state index contributed by atoms with van der Waals surface area (Å²) in [4.78, 5) is 4.81. The van der Waals surface area contributed by atoms with Gasteiger partial charge < -0.3 is 19.9 Å². The second-order valence-electron chi connectivity index (χ2n) is 6.21. The molecule has 1 aliphatic heterocycles. The van der Waals surface area contributed by atoms with Gasteiger partial charge in [-0.15, -0.1) is 0 Å². The lowest BCUT2D eigenvalue weighted by Crippen LogP contribution is -2.30. The fourth-order valence-electron chi connectivity index (χ4n) is 2.98. The van der Waals surface area contributed by atoms with E-state index in [1.165, 1.54) is 31.6 Å². The molecule has 1 unspecified atom stereocenters. The first-order chi connectivity index (χ1) is 10.2. The Hall–Kier alpha value is -1.10. The van der Waals surface area contributed by atoms with Gasteiger partial charge in [0.2, 0.25) is 0 Å². The molecule has 0 amide bonds. The lowest BCUT2D eigenvalue weighted by molar-refractivity contribution is 0.215. The number of ether oxygens (including phenoxy) is 1. The van der Waals surface area contributed by atoms with Crippen molar-refractivity contribution >= 4 is 0 Å². The summed E-state index contributed by atoms with van der Waals surface area (Å²) in [6.07, 6.45) is 1.33. The van der Waals surface area contributed by atoms with Gasteiger partial charge in [0.05, 0.1) is 0 Å². The smallest absolute Gasteiger partial charge is 0.119 e. The molecule has 1 aromatic rings. The zero-order valence-corrected chi connectivity index (χ0v) is 13.6. The van der Waals surface area contributed by atoms with Crippen LogP contribution < -0.4 is 10.1 Å². The van der Waals surface area contributed by atoms with E-state index in [2.05, 4.69) is 47.4 Å². The first kappa shape index (κ1) is 16.3. The fraction of sp³-hybridized carbons (Fsp3) is 0.647. The number of likely N-dealkylation sites (tertiary alicyclic amines) is 1. The Morgan fingerprint density at radius 3 is 3.00 bits per heavy atom. The van der Waals surface area contributed by atoms with Crippen molar-refractivity contribution < 1.29 is 4.74 Å². The minimum Gasteiger partial charge on any atom is -0.492 e. The molecule has 0 aromatic heterocycles. The first-order valence-electron chi connectivity index (χ1n) is 7.91. The van der Waals surface area contributed by atoms with Crippen LogP contribution in [0.15, 0.2) is 24.3 Å². The Morgan fingerprint density at radius 2 is 2.29 bits per heavy atom. The van der Waals surface area contributed by atoms with Gasteiger partial charge in [0.1, 0.15) is 12.4 Å². The number of nitrogens with zero attached hydrogens (tertiary/aromatic N) is 2. The van der Waals surface area contributed by atoms with Gasteiger partial charge in [-0.05, 0) is 57.7 Å². The maximum Gasteiger partial charge on any atom is 0.119 e. The van der Waals surface area contributed by atoms with Gasteiger partial charge in [-0.25, -0.2) is 0 Å². The highest BCUT2D eigenvalue weighted by Crippen LogP contribution is 2.15. The van der Waals surface area contributed by atoms with E-state index in [4.69, 9.17) is 4.74 Å². The van der Waals surface area contributed by atoms with Crippen molar-refractivity contribution in [3.8, 4) is 5.75 Å². The molecule has 0 radical (unpaired) electrons. The van der Waals surface area contributed by atoms with Gasteiger partial charge in [0.15, 0.2) is 0 Å². The topological polar surface area (TPSA) is 27.7 Å². The molecule has 2 rings (SSSR count). The van der Waals surface area contributed by atoms with E-state index in [-0.39, 0.29) is 0 Å². The van der Waals surface area contributed by atoms with Crippen LogP contribution in [0, 0.1) is 5.92 Å². The third-order valence-corrected chi connectivity index (χ3v) is 4.08. The summed E-state index contributed by atoms with van der Waals surface area (Å²) in [5.41, 5.74) is 1.26. The Bertz CT molecular complexity index is 424. The molecule has 1 atom stereocenters. The van der Waals surface area contributed by atoms with E-state index in [0.717, 1.165) is 31.4 Å². The second-order valence-corrected chi connectivity index (χ2v) is 6.21. The van der Waals surface area contributed by atoms with Gasteiger partial charge in [-0.3, -0.25) is 0 Å². The normalized spacial score (nSPS) is 19.3. The molecule has 4 nitrogen and oxygen atoms in total. The molecule has 1 heterocycles. The van der Waals surface area contributed by atoms with Crippen molar-refractivity contribution in [2.75, 3.05) is 53.9 Å². The second kappa shape index (κ2) is 8.37. The SMILES string of the molecule is CNCc1cccc(OCCN(C)CC2CCN(C)C2)c1. The third kappa shape index (κ3) is 5.65. The molecule has 0 saturated carbocycles. The van der Waals surface area contributed by atoms with Crippen molar-refractivity contribution in [1.29, 1.82) is 0 Å². The van der Waals surface area contributed by atoms with E-state index in [1.54, 1.807) is 0 Å². The molecule has 1 fully saturated rings. The molecule has 0 bridgehead atoms. The zero-order valence-electron chi connectivity index (χ0n) is 13.6. The summed E-state index contributed by atoms with van der Waals surface area (Å²) in [5, 5.41) is 3.16. The minimum atomic E-state index is 0.752. The van der Waals surface area contributed by atoms with Gasteiger partial charge >= 0.3 is 0 Å². The molecule has 21 heavy (non-hydrogen) atoms. The van der Waals surface area contributed by atoms with Gasteiger partial charge in [0.25, 0.3) is 0 Å². The van der Waals surface area contributed by atoms with E-state index in [1.807, 2.05) is 13.1 Å². The molecule has 1 aliphatic rings. The maximum absolute atomic E-state index is 5.87. The first-order valence-corrected chi connectivity index (χ1v) is 7.91. The van der Waals surface area contributed by atoms with Crippen molar-refractivity contribution in [3.63, 3.8) is 0 Å². The number of rotatable bonds is 8. The van der Waals surface area contributed by atoms with Crippen LogP contribution in [0.3, 0.4) is 0 Å². The van der Waals surface area contributed by atoms with Crippen molar-refractivity contribution in [2.45, 2.75) is 13.0 Å². The Labute approximate surface area is 129 Å². The molecule has 1 N–H and O–H groups in total. The highest BCUT2D eigenvalue weighted by atomic mass is 16.5. The number of likely N-dealkylation sites (N-methyl/N-ethyl adjacent to an activating group) is 1. The van der Waals surface area contributed by atoms with Gasteiger partial charge in [-0.1, -0.05) is 12.1 Å². The molecule has 1 aromatic carbocycles. The number of hydrogen-bond donors (Lipinski definition) is 1. The summed E-state index contributed by atoms with van der Waals surface area (Å²) in [6.45, 7) is 6.27. The van der Waals surface area contributed by atoms with Crippen LogP contribution >= 0.6 is 0 Å². The molecule has 0 spiro atoms. The van der Waals surface area contributed by atoms with Crippen LogP contribution in [0.5, 0.6) is 5.75 Å². The van der Waals surface area contributed by atoms with Crippen LogP contribution in [0.2, 0.25) is 0 Å². The largest absolute Gasteiger partial charge is 0.492 e. The maximum atomic E-state index is 5.87. The predicted molar refractivity (Wildman–Crippen MR) is 87.8 cm³/mol. The van der Waals surface area contributed by atoms with Gasteiger partial charge in [0, 0.05) is 26.2 Å². The van der Waals surface area contributed by atoms with Crippen molar-refractivity contribution in [3.05, 3.63) is 29.8 Å². The molecular weight excluding hydrogens is 262 g/mol. The number of nitrogens with one attached hydrogen (secondary N) is 1. The minimum absolute atomic E-state index is 0.752. The predicted octanol–water partition coefficient (Wildman–Crippen LogP) is 1.67. The number of benzene rings is 1. The van der Waals surface area contributed by atoms with Crippen LogP contribution in [0.25, 0.3) is 0 Å². The Kier molecular flexibility index (Phi) is 6.49. The lowest BCUT2D eigenvalue weighted by Gasteiger charge is -2.21. The summed E-state index contributed by atoms with van der Waals surface area (Å²) < 4.78 is 5.87.